The molecular formula is C14H14Cl2O2Zr. The van der Waals surface area contributed by atoms with Crippen LogP contribution in [0.25, 0.3) is 0 Å². The first-order chi connectivity index (χ1) is 8.24. The molecular weight excluding hydrogens is 362 g/mol. The fourth-order valence-corrected chi connectivity index (χ4v) is 2.67. The molecule has 0 radical (unpaired) electrons. The maximum atomic E-state index is 5.68. The molecule has 0 spiro atoms. The van der Waals surface area contributed by atoms with Crippen LogP contribution in [0.3, 0.4) is 0 Å². The van der Waals surface area contributed by atoms with Crippen molar-refractivity contribution in [1.82, 2.24) is 0 Å². The zero-order valence-corrected chi connectivity index (χ0v) is 14.7. The molecule has 0 aliphatic rings. The van der Waals surface area contributed by atoms with E-state index >= 15 is 0 Å². The first-order valence-corrected chi connectivity index (χ1v) is 7.47. The Hall–Kier alpha value is -0.497. The minimum atomic E-state index is -1.30. The van der Waals surface area contributed by atoms with Gasteiger partial charge in [0.15, 0.2) is 0 Å². The standard InChI is InChI=1S/2C7H8O.2ClH.Zr/c2*1-6-3-2-4-7(8)5-6;;;/h2*2-5,8H,1H3;2*1H;/q;;;;+4/p-4. The van der Waals surface area contributed by atoms with Gasteiger partial charge in [0, 0.05) is 0 Å². The minimum absolute atomic E-state index is 0. The smallest absolute Gasteiger partial charge is 1.00 e. The summed E-state index contributed by atoms with van der Waals surface area (Å²) in [6.07, 6.45) is 0. The number of aryl methyl sites for hydroxylation is 2. The van der Waals surface area contributed by atoms with E-state index in [-0.39, 0.29) is 24.8 Å². The molecule has 0 aromatic heterocycles. The van der Waals surface area contributed by atoms with E-state index in [1.807, 2.05) is 36.4 Å². The van der Waals surface area contributed by atoms with Crippen molar-refractivity contribution in [2.24, 2.45) is 0 Å². The summed E-state index contributed by atoms with van der Waals surface area (Å²) >= 11 is -1.30. The van der Waals surface area contributed by atoms with E-state index in [4.69, 9.17) is 5.63 Å². The Balaban J connectivity index is 0.00000162. The molecule has 100 valence electrons. The van der Waals surface area contributed by atoms with Crippen molar-refractivity contribution in [1.29, 1.82) is 0 Å². The van der Waals surface area contributed by atoms with Gasteiger partial charge in [0.05, 0.1) is 0 Å². The van der Waals surface area contributed by atoms with Gasteiger partial charge in [-0.05, 0) is 0 Å². The SMILES string of the molecule is Cc1cccc([O][Zr+2][O]c2cccc(C)c2)c1.[Cl-].[Cl-]. The van der Waals surface area contributed by atoms with Crippen LogP contribution in [0, 0.1) is 13.8 Å². The van der Waals surface area contributed by atoms with Crippen LogP contribution in [0.2, 0.25) is 0 Å². The van der Waals surface area contributed by atoms with Crippen LogP contribution >= 0.6 is 0 Å². The summed E-state index contributed by atoms with van der Waals surface area (Å²) in [5.74, 6) is 1.81. The minimum Gasteiger partial charge on any atom is -1.00 e. The number of hydrogen-bond acceptors (Lipinski definition) is 2. The van der Waals surface area contributed by atoms with Crippen molar-refractivity contribution in [2.75, 3.05) is 0 Å². The predicted octanol–water partition coefficient (Wildman–Crippen LogP) is -2.32. The summed E-state index contributed by atoms with van der Waals surface area (Å²) in [6, 6.07) is 16.1. The van der Waals surface area contributed by atoms with Gasteiger partial charge < -0.3 is 24.8 Å². The molecule has 0 bridgehead atoms. The Morgan fingerprint density at radius 3 is 1.53 bits per heavy atom. The molecule has 0 saturated heterocycles. The second-order valence-electron chi connectivity index (χ2n) is 3.92. The molecule has 0 aliphatic heterocycles. The maximum Gasteiger partial charge on any atom is -1.00 e. The Labute approximate surface area is 139 Å². The molecule has 0 atom stereocenters. The average molecular weight is 376 g/mol. The summed E-state index contributed by atoms with van der Waals surface area (Å²) in [6.45, 7) is 4.11. The fraction of sp³-hybridized carbons (Fsp3) is 0.143. The third kappa shape index (κ3) is 6.47. The molecule has 0 aliphatic carbocycles. The normalized spacial score (nSPS) is 8.53. The number of rotatable bonds is 4. The molecule has 0 fully saturated rings. The van der Waals surface area contributed by atoms with Crippen molar-refractivity contribution in [3.8, 4) is 11.5 Å². The third-order valence-corrected chi connectivity index (χ3v) is 3.87. The quantitative estimate of drug-likeness (QED) is 0.597. The molecule has 5 heteroatoms. The Morgan fingerprint density at radius 2 is 1.16 bits per heavy atom. The molecule has 0 N–H and O–H groups in total. The van der Waals surface area contributed by atoms with E-state index in [9.17, 15) is 0 Å². The van der Waals surface area contributed by atoms with Gasteiger partial charge in [0.2, 0.25) is 0 Å². The first kappa shape index (κ1) is 18.5. The van der Waals surface area contributed by atoms with Crippen molar-refractivity contribution in [3.63, 3.8) is 0 Å². The fourth-order valence-electron chi connectivity index (χ4n) is 1.47. The van der Waals surface area contributed by atoms with E-state index in [0.717, 1.165) is 11.5 Å². The van der Waals surface area contributed by atoms with Gasteiger partial charge in [-0.15, -0.1) is 0 Å². The van der Waals surface area contributed by atoms with E-state index in [0.29, 0.717) is 0 Å². The molecule has 2 aromatic rings. The topological polar surface area (TPSA) is 18.5 Å². The molecule has 0 heterocycles. The van der Waals surface area contributed by atoms with Crippen LogP contribution in [0.15, 0.2) is 48.5 Å². The largest absolute Gasteiger partial charge is 1.00 e. The molecule has 2 rings (SSSR count). The van der Waals surface area contributed by atoms with E-state index in [1.54, 1.807) is 0 Å². The van der Waals surface area contributed by atoms with Crippen LogP contribution < -0.4 is 30.4 Å². The summed E-state index contributed by atoms with van der Waals surface area (Å²) in [5, 5.41) is 0. The van der Waals surface area contributed by atoms with Crippen LogP contribution in [-0.2, 0) is 24.1 Å². The second-order valence-corrected chi connectivity index (χ2v) is 5.33. The van der Waals surface area contributed by atoms with Crippen LogP contribution in [-0.4, -0.2) is 0 Å². The number of hydrogen-bond donors (Lipinski definition) is 0. The maximum absolute atomic E-state index is 5.68. The van der Waals surface area contributed by atoms with E-state index in [1.165, 1.54) is 11.1 Å². The zero-order chi connectivity index (χ0) is 12.1. The molecule has 2 nitrogen and oxygen atoms in total. The van der Waals surface area contributed by atoms with E-state index in [2.05, 4.69) is 26.0 Å². The van der Waals surface area contributed by atoms with Crippen LogP contribution in [0.4, 0.5) is 0 Å². The molecule has 0 unspecified atom stereocenters. The summed E-state index contributed by atoms with van der Waals surface area (Å²) in [4.78, 5) is 0. The first-order valence-electron chi connectivity index (χ1n) is 5.46. The summed E-state index contributed by atoms with van der Waals surface area (Å²) < 4.78 is 11.4. The average Bonchev–Trinajstić information content (AvgIpc) is 2.29. The molecule has 19 heavy (non-hydrogen) atoms. The second kappa shape index (κ2) is 9.41. The predicted molar refractivity (Wildman–Crippen MR) is 63.6 cm³/mol. The van der Waals surface area contributed by atoms with Crippen molar-refractivity contribution in [3.05, 3.63) is 59.7 Å². The van der Waals surface area contributed by atoms with Gasteiger partial charge in [-0.1, -0.05) is 0 Å². The zero-order valence-electron chi connectivity index (χ0n) is 10.7. The summed E-state index contributed by atoms with van der Waals surface area (Å²) in [5.41, 5.74) is 2.41. The van der Waals surface area contributed by atoms with Crippen LogP contribution in [0.1, 0.15) is 11.1 Å². The van der Waals surface area contributed by atoms with Gasteiger partial charge in [-0.25, -0.2) is 0 Å². The van der Waals surface area contributed by atoms with Gasteiger partial charge >= 0.3 is 115 Å². The molecule has 0 saturated carbocycles. The van der Waals surface area contributed by atoms with Gasteiger partial charge in [0.1, 0.15) is 0 Å². The van der Waals surface area contributed by atoms with Crippen LogP contribution in [0.5, 0.6) is 11.5 Å². The number of benzene rings is 2. The third-order valence-electron chi connectivity index (χ3n) is 2.30. The van der Waals surface area contributed by atoms with Crippen molar-refractivity contribution in [2.45, 2.75) is 13.8 Å². The monoisotopic (exact) mass is 374 g/mol. The molecule has 2 aromatic carbocycles. The Kier molecular flexibility index (Phi) is 9.17. The van der Waals surface area contributed by atoms with Crippen molar-refractivity contribution >= 4 is 0 Å². The van der Waals surface area contributed by atoms with Crippen molar-refractivity contribution < 1.29 is 54.6 Å². The summed E-state index contributed by atoms with van der Waals surface area (Å²) in [7, 11) is 0. The number of halogens is 2. The van der Waals surface area contributed by atoms with E-state index < -0.39 is 24.1 Å². The Morgan fingerprint density at radius 1 is 0.737 bits per heavy atom. The van der Waals surface area contributed by atoms with Gasteiger partial charge in [-0.2, -0.15) is 0 Å². The Bertz CT molecular complexity index is 461. The molecule has 0 amide bonds. The van der Waals surface area contributed by atoms with Gasteiger partial charge in [0.25, 0.3) is 0 Å². The van der Waals surface area contributed by atoms with Gasteiger partial charge in [-0.3, -0.25) is 0 Å².